The number of nitrogens with zero attached hydrogens (tertiary/aromatic N) is 3. The van der Waals surface area contributed by atoms with Crippen LogP contribution < -0.4 is 24.4 Å². The number of rotatable bonds is 9. The summed E-state index contributed by atoms with van der Waals surface area (Å²) in [6.45, 7) is 1.70. The second kappa shape index (κ2) is 12.2. The Bertz CT molecular complexity index is 1800. The highest BCUT2D eigenvalue weighted by Crippen LogP contribution is 2.36. The van der Waals surface area contributed by atoms with Crippen LogP contribution >= 0.6 is 0 Å². The van der Waals surface area contributed by atoms with Crippen molar-refractivity contribution in [1.29, 1.82) is 0 Å². The molecule has 5 rings (SSSR count). The zero-order valence-corrected chi connectivity index (χ0v) is 23.6. The number of anilines is 5. The van der Waals surface area contributed by atoms with Gasteiger partial charge in [0.1, 0.15) is 17.3 Å². The normalized spacial score (nSPS) is 11.5. The first-order chi connectivity index (χ1) is 20.2. The minimum Gasteiger partial charge on any atom is -0.497 e. The number of halogens is 1. The van der Waals surface area contributed by atoms with E-state index in [2.05, 4.69) is 15.6 Å². The highest BCUT2D eigenvalue weighted by Gasteiger charge is 2.24. The monoisotopic (exact) mass is 587 g/mol. The van der Waals surface area contributed by atoms with E-state index in [4.69, 9.17) is 14.5 Å². The average molecular weight is 588 g/mol. The molecule has 214 valence electrons. The van der Waals surface area contributed by atoms with Gasteiger partial charge in [-0.15, -0.1) is 0 Å². The van der Waals surface area contributed by atoms with Crippen molar-refractivity contribution in [2.75, 3.05) is 29.2 Å². The number of carbonyl (C=O) groups is 1. The predicted octanol–water partition coefficient (Wildman–Crippen LogP) is 6.37. The molecule has 1 amide bonds. The minimum absolute atomic E-state index is 0.0424. The Hall–Kier alpha value is -5.07. The van der Waals surface area contributed by atoms with Crippen LogP contribution in [0.25, 0.3) is 11.0 Å². The van der Waals surface area contributed by atoms with Crippen LogP contribution in [-0.4, -0.2) is 38.9 Å². The minimum atomic E-state index is -2.61. The number of aryl methyl sites for hydroxylation is 1. The van der Waals surface area contributed by atoms with Gasteiger partial charge >= 0.3 is 0 Å². The lowest BCUT2D eigenvalue weighted by Crippen LogP contribution is -2.22. The van der Waals surface area contributed by atoms with Crippen LogP contribution in [0.3, 0.4) is 0 Å². The summed E-state index contributed by atoms with van der Waals surface area (Å²) in [4.78, 5) is 22.3. The van der Waals surface area contributed by atoms with Gasteiger partial charge in [-0.3, -0.25) is 9.35 Å². The summed E-state index contributed by atoms with van der Waals surface area (Å²) >= 11 is -2.61. The molecular formula is C30H26FN5O5S. The van der Waals surface area contributed by atoms with E-state index in [0.717, 1.165) is 10.4 Å². The standard InChI is InChI=1S/C30H26FN5O5S/c1-18-11-12-19(31)13-25(18)30(37)33-20-7-6-8-22(14-20)36(42(38)39)29-28(34-26-9-4-5-10-27(26)35-29)32-21-15-23(40-2)17-24(16-21)41-3/h4-17H,1-3H3,(H,32,34)(H,33,37)(H,38,39). The van der Waals surface area contributed by atoms with Crippen LogP contribution in [0.4, 0.5) is 33.1 Å². The van der Waals surface area contributed by atoms with E-state index in [-0.39, 0.29) is 22.9 Å². The molecule has 12 heteroatoms. The number of hydrogen-bond acceptors (Lipinski definition) is 7. The Kier molecular flexibility index (Phi) is 8.27. The Labute approximate surface area is 243 Å². The van der Waals surface area contributed by atoms with Crippen LogP contribution in [0.2, 0.25) is 0 Å². The topological polar surface area (TPSA) is 126 Å². The third-order valence-corrected chi connectivity index (χ3v) is 6.99. The SMILES string of the molecule is COc1cc(Nc2nc3ccccc3nc2N(c2cccc(NC(=O)c3cc(F)ccc3C)c2)S(=O)O)cc(OC)c1. The second-order valence-electron chi connectivity index (χ2n) is 9.10. The number of para-hydroxylation sites is 2. The Balaban J connectivity index is 1.57. The average Bonchev–Trinajstić information content (AvgIpc) is 2.98. The van der Waals surface area contributed by atoms with Gasteiger partial charge < -0.3 is 20.1 Å². The van der Waals surface area contributed by atoms with Crippen molar-refractivity contribution in [2.45, 2.75) is 6.92 Å². The molecule has 0 saturated heterocycles. The van der Waals surface area contributed by atoms with Crippen molar-refractivity contribution in [2.24, 2.45) is 0 Å². The van der Waals surface area contributed by atoms with E-state index in [1.54, 1.807) is 61.5 Å². The number of carbonyl (C=O) groups excluding carboxylic acids is 1. The van der Waals surface area contributed by atoms with Crippen molar-refractivity contribution in [3.63, 3.8) is 0 Å². The van der Waals surface area contributed by atoms with E-state index >= 15 is 0 Å². The van der Waals surface area contributed by atoms with Gasteiger partial charge in [-0.1, -0.05) is 24.3 Å². The molecule has 0 aliphatic heterocycles. The molecule has 0 spiro atoms. The van der Waals surface area contributed by atoms with Gasteiger partial charge in [0.2, 0.25) is 0 Å². The number of aromatic nitrogens is 2. The maximum atomic E-state index is 13.8. The second-order valence-corrected chi connectivity index (χ2v) is 9.93. The summed E-state index contributed by atoms with van der Waals surface area (Å²) < 4.78 is 49.0. The van der Waals surface area contributed by atoms with Crippen molar-refractivity contribution < 1.29 is 27.4 Å². The lowest BCUT2D eigenvalue weighted by Gasteiger charge is -2.23. The van der Waals surface area contributed by atoms with Gasteiger partial charge in [0.25, 0.3) is 17.2 Å². The van der Waals surface area contributed by atoms with E-state index in [0.29, 0.717) is 39.5 Å². The number of hydrogen-bond donors (Lipinski definition) is 3. The number of amides is 1. The van der Waals surface area contributed by atoms with E-state index in [1.165, 1.54) is 32.4 Å². The summed E-state index contributed by atoms with van der Waals surface area (Å²) in [5, 5.41) is 5.90. The molecule has 4 aromatic carbocycles. The zero-order chi connectivity index (χ0) is 29.8. The summed E-state index contributed by atoms with van der Waals surface area (Å²) in [5.41, 5.74) is 2.89. The van der Waals surface area contributed by atoms with Crippen LogP contribution in [0.1, 0.15) is 15.9 Å². The molecule has 1 atom stereocenters. The fourth-order valence-electron chi connectivity index (χ4n) is 4.27. The number of methoxy groups -OCH3 is 2. The molecule has 0 bridgehead atoms. The lowest BCUT2D eigenvalue weighted by molar-refractivity contribution is 0.102. The molecule has 0 aliphatic carbocycles. The molecule has 0 fully saturated rings. The van der Waals surface area contributed by atoms with Gasteiger partial charge in [0.05, 0.1) is 30.9 Å². The molecule has 0 aliphatic rings. The van der Waals surface area contributed by atoms with E-state index in [9.17, 15) is 17.9 Å². The third-order valence-electron chi connectivity index (χ3n) is 6.30. The van der Waals surface area contributed by atoms with E-state index in [1.807, 2.05) is 6.07 Å². The van der Waals surface area contributed by atoms with Crippen molar-refractivity contribution in [3.8, 4) is 11.5 Å². The third kappa shape index (κ3) is 6.14. The summed E-state index contributed by atoms with van der Waals surface area (Å²) in [6, 6.07) is 22.5. The smallest absolute Gasteiger partial charge is 0.268 e. The van der Waals surface area contributed by atoms with E-state index < -0.39 is 23.0 Å². The molecule has 10 nitrogen and oxygen atoms in total. The summed E-state index contributed by atoms with van der Waals surface area (Å²) in [5.74, 6) is 0.195. The van der Waals surface area contributed by atoms with Gasteiger partial charge in [0.15, 0.2) is 11.6 Å². The van der Waals surface area contributed by atoms with Crippen LogP contribution in [0.5, 0.6) is 11.5 Å². The highest BCUT2D eigenvalue weighted by atomic mass is 32.2. The molecule has 5 aromatic rings. The maximum absolute atomic E-state index is 13.8. The molecule has 0 saturated carbocycles. The van der Waals surface area contributed by atoms with Crippen molar-refractivity contribution >= 4 is 56.9 Å². The highest BCUT2D eigenvalue weighted by molar-refractivity contribution is 7.81. The summed E-state index contributed by atoms with van der Waals surface area (Å²) in [6.07, 6.45) is 0. The molecular weight excluding hydrogens is 561 g/mol. The van der Waals surface area contributed by atoms with Gasteiger partial charge in [-0.05, 0) is 55.0 Å². The molecule has 1 unspecified atom stereocenters. The first-order valence-electron chi connectivity index (χ1n) is 12.6. The Morgan fingerprint density at radius 2 is 1.57 bits per heavy atom. The van der Waals surface area contributed by atoms with Crippen LogP contribution in [0.15, 0.2) is 84.9 Å². The molecule has 1 heterocycles. The van der Waals surface area contributed by atoms with Crippen LogP contribution in [0, 0.1) is 12.7 Å². The number of nitrogens with one attached hydrogen (secondary N) is 2. The molecule has 3 N–H and O–H groups in total. The predicted molar refractivity (Wildman–Crippen MR) is 161 cm³/mol. The number of fused-ring (bicyclic) bond motifs is 1. The fourth-order valence-corrected chi connectivity index (χ4v) is 4.84. The first-order valence-corrected chi connectivity index (χ1v) is 13.7. The van der Waals surface area contributed by atoms with Gasteiger partial charge in [0, 0.05) is 35.1 Å². The number of ether oxygens (including phenoxy) is 2. The molecule has 0 radical (unpaired) electrons. The molecule has 42 heavy (non-hydrogen) atoms. The van der Waals surface area contributed by atoms with Crippen LogP contribution in [-0.2, 0) is 11.3 Å². The van der Waals surface area contributed by atoms with Crippen molar-refractivity contribution in [1.82, 2.24) is 9.97 Å². The van der Waals surface area contributed by atoms with Crippen molar-refractivity contribution in [3.05, 3.63) is 102 Å². The maximum Gasteiger partial charge on any atom is 0.268 e. The molecule has 1 aromatic heterocycles. The zero-order valence-electron chi connectivity index (χ0n) is 22.8. The fraction of sp³-hybridized carbons (Fsp3) is 0.100. The van der Waals surface area contributed by atoms with Gasteiger partial charge in [-0.25, -0.2) is 22.9 Å². The number of benzene rings is 4. The summed E-state index contributed by atoms with van der Waals surface area (Å²) in [7, 11) is 3.05. The quantitative estimate of drug-likeness (QED) is 0.170. The lowest BCUT2D eigenvalue weighted by atomic mass is 10.1. The first kappa shape index (κ1) is 28.5. The largest absolute Gasteiger partial charge is 0.497 e. The Morgan fingerprint density at radius 3 is 2.24 bits per heavy atom. The Morgan fingerprint density at radius 1 is 0.881 bits per heavy atom. The van der Waals surface area contributed by atoms with Gasteiger partial charge in [-0.2, -0.15) is 0 Å².